The van der Waals surface area contributed by atoms with Crippen molar-refractivity contribution in [3.63, 3.8) is 0 Å². The van der Waals surface area contributed by atoms with Crippen LogP contribution in [-0.2, 0) is 0 Å². The average Bonchev–Trinajstić information content (AvgIpc) is 2.74. The van der Waals surface area contributed by atoms with Gasteiger partial charge in [-0.1, -0.05) is 107 Å². The van der Waals surface area contributed by atoms with Crippen molar-refractivity contribution in [3.8, 4) is 0 Å². The van der Waals surface area contributed by atoms with E-state index in [4.69, 9.17) is 11.5 Å². The molecule has 0 saturated heterocycles. The number of nitrogens with zero attached hydrogens (tertiary/aromatic N) is 2. The van der Waals surface area contributed by atoms with E-state index >= 15 is 0 Å². The first-order valence-corrected chi connectivity index (χ1v) is 9.52. The summed E-state index contributed by atoms with van der Waals surface area (Å²) in [6, 6.07) is 0. The molecule has 6 heteroatoms. The first kappa shape index (κ1) is 33.1. The molecule has 1 rings (SSSR count). The SMILES string of the molecule is C=C/C(=C\C=C/C)c1ncc(N)c(=O)[n-]1.C=C/C=C(C=C)/C=C/CN.CCCC.[K+]. The summed E-state index contributed by atoms with van der Waals surface area (Å²) in [6.07, 6.45) is 20.1. The largest absolute Gasteiger partial charge is 1.00 e. The summed E-state index contributed by atoms with van der Waals surface area (Å²) in [6.45, 7) is 17.6. The summed E-state index contributed by atoms with van der Waals surface area (Å²) in [5.41, 5.74) is 11.9. The van der Waals surface area contributed by atoms with Gasteiger partial charge in [0, 0.05) is 6.54 Å². The minimum absolute atomic E-state index is 0. The minimum atomic E-state index is -0.465. The maximum Gasteiger partial charge on any atom is 1.00 e. The molecule has 0 aliphatic heterocycles. The summed E-state index contributed by atoms with van der Waals surface area (Å²) >= 11 is 0. The molecule has 0 aliphatic rings. The second-order valence-corrected chi connectivity index (χ2v) is 5.55. The van der Waals surface area contributed by atoms with Crippen LogP contribution in [0, 0.1) is 0 Å². The molecule has 0 amide bonds. The minimum Gasteiger partial charge on any atom is -0.440 e. The van der Waals surface area contributed by atoms with Crippen molar-refractivity contribution < 1.29 is 51.4 Å². The smallest absolute Gasteiger partial charge is 0.440 e. The predicted octanol–water partition coefficient (Wildman–Crippen LogP) is 1.74. The van der Waals surface area contributed by atoms with Crippen LogP contribution < -0.4 is 73.4 Å². The number of unbranched alkanes of at least 4 members (excludes halogenated alkanes) is 1. The number of allylic oxidation sites excluding steroid dienone is 10. The normalized spacial score (nSPS) is 10.9. The molecule has 0 fully saturated rings. The van der Waals surface area contributed by atoms with Crippen molar-refractivity contribution >= 4 is 11.3 Å². The summed E-state index contributed by atoms with van der Waals surface area (Å²) < 4.78 is 0. The molecular weight excluding hydrogens is 399 g/mol. The monoisotopic (exact) mass is 434 g/mol. The second-order valence-electron chi connectivity index (χ2n) is 5.55. The molecule has 0 saturated carbocycles. The van der Waals surface area contributed by atoms with Gasteiger partial charge in [-0.05, 0) is 23.9 Å². The molecule has 30 heavy (non-hydrogen) atoms. The third-order valence-electron chi connectivity index (χ3n) is 3.22. The third-order valence-corrected chi connectivity index (χ3v) is 3.22. The number of rotatable bonds is 8. The molecule has 0 aromatic carbocycles. The molecule has 1 aromatic heterocycles. The fraction of sp³-hybridized carbons (Fsp3) is 0.250. The molecule has 0 radical (unpaired) electrons. The van der Waals surface area contributed by atoms with Gasteiger partial charge >= 0.3 is 51.4 Å². The number of nitrogens with two attached hydrogens (primary N) is 2. The molecule has 4 N–H and O–H groups in total. The Bertz CT molecular complexity index is 785. The number of aromatic nitrogens is 2. The van der Waals surface area contributed by atoms with Gasteiger partial charge in [0.15, 0.2) is 5.56 Å². The van der Waals surface area contributed by atoms with Crippen LogP contribution in [0.5, 0.6) is 0 Å². The van der Waals surface area contributed by atoms with Gasteiger partial charge in [-0.2, -0.15) is 0 Å². The van der Waals surface area contributed by atoms with E-state index in [1.54, 1.807) is 24.3 Å². The Morgan fingerprint density at radius 2 is 1.80 bits per heavy atom. The van der Waals surface area contributed by atoms with Gasteiger partial charge in [0.1, 0.15) is 0 Å². The number of anilines is 1. The van der Waals surface area contributed by atoms with Crippen molar-refractivity contribution in [1.29, 1.82) is 0 Å². The van der Waals surface area contributed by atoms with Crippen LogP contribution in [0.15, 0.2) is 91.0 Å². The van der Waals surface area contributed by atoms with E-state index in [-0.39, 0.29) is 57.1 Å². The van der Waals surface area contributed by atoms with Crippen LogP contribution in [0.3, 0.4) is 0 Å². The number of nitrogen functional groups attached to an aromatic ring is 1. The Balaban J connectivity index is -0.000000423. The molecule has 0 spiro atoms. The van der Waals surface area contributed by atoms with Gasteiger partial charge in [-0.25, -0.2) is 0 Å². The molecular formula is C24H35KN4O. The van der Waals surface area contributed by atoms with Gasteiger partial charge in [-0.15, -0.1) is 0 Å². The standard InChI is InChI=1S/C11H13N3O.C9H13N.C4H10.K/c1-3-5-6-8(4-2)10-13-7-9(12)11(15)14-10;1-3-6-9(4-2)7-5-8-10;1-3-4-2;/h3-7H,2,12H2,1H3,(H,13,14,15);3-7H,1-2,8,10H2;3-4H2,1-2H3;/q;;;+1/p-1/b5-3-,8-6+;7-5+,9-6+;;. The van der Waals surface area contributed by atoms with Crippen molar-refractivity contribution in [1.82, 2.24) is 9.97 Å². The Kier molecular flexibility index (Phi) is 26.2. The first-order valence-electron chi connectivity index (χ1n) is 9.52. The molecule has 0 atom stereocenters. The molecule has 1 aromatic rings. The van der Waals surface area contributed by atoms with Crippen molar-refractivity contribution in [2.75, 3.05) is 12.3 Å². The molecule has 1 heterocycles. The quantitative estimate of drug-likeness (QED) is 0.480. The van der Waals surface area contributed by atoms with Crippen molar-refractivity contribution in [2.45, 2.75) is 33.6 Å². The summed E-state index contributed by atoms with van der Waals surface area (Å²) in [5, 5.41) is 0. The zero-order valence-electron chi connectivity index (χ0n) is 19.0. The molecule has 0 aliphatic carbocycles. The van der Waals surface area contributed by atoms with E-state index in [0.717, 1.165) is 5.57 Å². The van der Waals surface area contributed by atoms with E-state index in [1.807, 2.05) is 37.3 Å². The maximum absolute atomic E-state index is 11.2. The number of hydrogen-bond acceptors (Lipinski definition) is 4. The van der Waals surface area contributed by atoms with Gasteiger partial charge in [0.25, 0.3) is 0 Å². The zero-order valence-corrected chi connectivity index (χ0v) is 22.1. The number of hydrogen-bond donors (Lipinski definition) is 2. The predicted molar refractivity (Wildman–Crippen MR) is 128 cm³/mol. The second kappa shape index (κ2) is 23.7. The fourth-order valence-corrected chi connectivity index (χ4v) is 1.48. The topological polar surface area (TPSA) is 96.1 Å². The van der Waals surface area contributed by atoms with Gasteiger partial charge < -0.3 is 21.4 Å². The van der Waals surface area contributed by atoms with Crippen molar-refractivity contribution in [2.24, 2.45) is 5.73 Å². The molecule has 0 unspecified atom stereocenters. The van der Waals surface area contributed by atoms with Crippen LogP contribution in [-0.4, -0.2) is 11.5 Å². The summed E-state index contributed by atoms with van der Waals surface area (Å²) in [5.74, 6) is 0.335. The molecule has 0 bridgehead atoms. The summed E-state index contributed by atoms with van der Waals surface area (Å²) in [7, 11) is 0. The van der Waals surface area contributed by atoms with E-state index in [9.17, 15) is 4.79 Å². The molecule has 5 nitrogen and oxygen atoms in total. The average molecular weight is 435 g/mol. The van der Waals surface area contributed by atoms with Gasteiger partial charge in [0.05, 0.1) is 5.69 Å². The fourth-order valence-electron chi connectivity index (χ4n) is 1.48. The summed E-state index contributed by atoms with van der Waals surface area (Å²) in [4.78, 5) is 18.9. The Hall–Kier alpha value is -1.54. The van der Waals surface area contributed by atoms with E-state index in [0.29, 0.717) is 17.9 Å². The van der Waals surface area contributed by atoms with E-state index in [1.165, 1.54) is 19.0 Å². The van der Waals surface area contributed by atoms with Crippen molar-refractivity contribution in [3.05, 3.63) is 102 Å². The Morgan fingerprint density at radius 1 is 1.17 bits per heavy atom. The van der Waals surface area contributed by atoms with Gasteiger partial charge in [0.2, 0.25) is 0 Å². The van der Waals surface area contributed by atoms with E-state index in [2.05, 4.69) is 43.6 Å². The van der Waals surface area contributed by atoms with Crippen LogP contribution in [0.4, 0.5) is 5.69 Å². The first-order chi connectivity index (χ1) is 13.9. The third kappa shape index (κ3) is 17.3. The van der Waals surface area contributed by atoms with E-state index < -0.39 is 5.56 Å². The maximum atomic E-state index is 11.2. The van der Waals surface area contributed by atoms with Gasteiger partial charge in [-0.3, -0.25) is 4.79 Å². The van der Waals surface area contributed by atoms with Crippen LogP contribution in [0.25, 0.3) is 5.57 Å². The molecule has 158 valence electrons. The Morgan fingerprint density at radius 3 is 2.20 bits per heavy atom. The van der Waals surface area contributed by atoms with Crippen LogP contribution in [0.1, 0.15) is 39.4 Å². The zero-order chi connectivity index (χ0) is 22.5. The van der Waals surface area contributed by atoms with Crippen LogP contribution >= 0.6 is 0 Å². The Labute approximate surface area is 224 Å². The van der Waals surface area contributed by atoms with Crippen LogP contribution in [0.2, 0.25) is 0 Å².